The van der Waals surface area contributed by atoms with Gasteiger partial charge in [-0.15, -0.1) is 0 Å². The normalized spacial score (nSPS) is 16.8. The summed E-state index contributed by atoms with van der Waals surface area (Å²) in [6.07, 6.45) is 5.33. The van der Waals surface area contributed by atoms with E-state index < -0.39 is 0 Å². The van der Waals surface area contributed by atoms with Gasteiger partial charge in [0.25, 0.3) is 5.91 Å². The predicted molar refractivity (Wildman–Crippen MR) is 75.6 cm³/mol. The molecule has 3 heterocycles. The van der Waals surface area contributed by atoms with Gasteiger partial charge in [0.2, 0.25) is 0 Å². The second kappa shape index (κ2) is 5.25. The monoisotopic (exact) mass is 273 g/mol. The highest BCUT2D eigenvalue weighted by Crippen LogP contribution is 2.19. The maximum absolute atomic E-state index is 12.6. The Bertz CT molecular complexity index is 627. The first kappa shape index (κ1) is 13.1. The first-order valence-electron chi connectivity index (χ1n) is 7.03. The molecule has 1 fully saturated rings. The minimum Gasteiger partial charge on any atom is -0.396 e. The molecule has 106 valence electrons. The zero-order chi connectivity index (χ0) is 14.1. The third kappa shape index (κ3) is 2.29. The number of aliphatic hydroxyl groups excluding tert-OH is 1. The van der Waals surface area contributed by atoms with Gasteiger partial charge in [-0.3, -0.25) is 9.20 Å². The lowest BCUT2D eigenvalue weighted by atomic mass is 9.98. The smallest absolute Gasteiger partial charge is 0.272 e. The van der Waals surface area contributed by atoms with Gasteiger partial charge in [-0.25, -0.2) is 4.98 Å². The van der Waals surface area contributed by atoms with E-state index in [1.165, 1.54) is 0 Å². The Labute approximate surface area is 117 Å². The minimum absolute atomic E-state index is 0.0273. The van der Waals surface area contributed by atoms with Gasteiger partial charge in [0.05, 0.1) is 6.20 Å². The Morgan fingerprint density at radius 3 is 2.85 bits per heavy atom. The molecule has 1 aliphatic heterocycles. The average Bonchev–Trinajstić information content (AvgIpc) is 2.89. The van der Waals surface area contributed by atoms with E-state index >= 15 is 0 Å². The number of imidazole rings is 1. The van der Waals surface area contributed by atoms with Crippen LogP contribution in [0.15, 0.2) is 24.5 Å². The van der Waals surface area contributed by atoms with Crippen molar-refractivity contribution in [1.82, 2.24) is 14.3 Å². The van der Waals surface area contributed by atoms with Gasteiger partial charge in [0.1, 0.15) is 11.3 Å². The molecule has 0 aromatic carbocycles. The summed E-state index contributed by atoms with van der Waals surface area (Å²) in [4.78, 5) is 18.7. The molecule has 1 N–H and O–H groups in total. The number of hydrogen-bond donors (Lipinski definition) is 1. The largest absolute Gasteiger partial charge is 0.396 e. The van der Waals surface area contributed by atoms with Crippen LogP contribution < -0.4 is 0 Å². The van der Waals surface area contributed by atoms with Crippen LogP contribution in [-0.4, -0.2) is 45.0 Å². The summed E-state index contributed by atoms with van der Waals surface area (Å²) in [5.74, 6) is 0.364. The van der Waals surface area contributed by atoms with Crippen LogP contribution in [0, 0.1) is 12.8 Å². The zero-order valence-corrected chi connectivity index (χ0v) is 11.6. The number of aliphatic hydroxyl groups is 1. The van der Waals surface area contributed by atoms with Gasteiger partial charge in [-0.2, -0.15) is 0 Å². The molecule has 0 bridgehead atoms. The molecule has 0 spiro atoms. The Kier molecular flexibility index (Phi) is 3.44. The van der Waals surface area contributed by atoms with Crippen molar-refractivity contribution in [2.24, 2.45) is 5.92 Å². The van der Waals surface area contributed by atoms with Crippen LogP contribution in [-0.2, 0) is 0 Å². The van der Waals surface area contributed by atoms with Crippen LogP contribution in [0.25, 0.3) is 5.65 Å². The van der Waals surface area contributed by atoms with E-state index in [0.29, 0.717) is 24.7 Å². The highest BCUT2D eigenvalue weighted by Gasteiger charge is 2.25. The third-order valence-electron chi connectivity index (χ3n) is 4.03. The number of amides is 1. The molecule has 2 aromatic heterocycles. The quantitative estimate of drug-likeness (QED) is 0.902. The molecular formula is C15H19N3O2. The second-order valence-electron chi connectivity index (χ2n) is 5.50. The van der Waals surface area contributed by atoms with Crippen LogP contribution in [0.3, 0.4) is 0 Å². The number of hydrogen-bond acceptors (Lipinski definition) is 3. The number of aromatic nitrogens is 2. The Morgan fingerprint density at radius 2 is 2.15 bits per heavy atom. The van der Waals surface area contributed by atoms with Crippen molar-refractivity contribution < 1.29 is 9.90 Å². The summed E-state index contributed by atoms with van der Waals surface area (Å²) in [5.41, 5.74) is 2.51. The Morgan fingerprint density at radius 1 is 1.40 bits per heavy atom. The van der Waals surface area contributed by atoms with E-state index in [-0.39, 0.29) is 12.5 Å². The van der Waals surface area contributed by atoms with Crippen molar-refractivity contribution in [2.45, 2.75) is 19.8 Å². The third-order valence-corrected chi connectivity index (χ3v) is 4.03. The van der Waals surface area contributed by atoms with Crippen molar-refractivity contribution in [3.05, 3.63) is 35.8 Å². The molecule has 1 saturated heterocycles. The summed E-state index contributed by atoms with van der Waals surface area (Å²) in [6.45, 7) is 3.64. The lowest BCUT2D eigenvalue weighted by Crippen LogP contribution is -2.39. The summed E-state index contributed by atoms with van der Waals surface area (Å²) in [7, 11) is 0. The maximum atomic E-state index is 12.6. The number of fused-ring (bicyclic) bond motifs is 1. The van der Waals surface area contributed by atoms with Crippen molar-refractivity contribution in [2.75, 3.05) is 19.7 Å². The molecule has 0 atom stereocenters. The molecule has 1 amide bonds. The number of nitrogens with zero attached hydrogens (tertiary/aromatic N) is 3. The lowest BCUT2D eigenvalue weighted by molar-refractivity contribution is 0.0644. The Balaban J connectivity index is 1.84. The van der Waals surface area contributed by atoms with E-state index in [1.807, 2.05) is 34.6 Å². The highest BCUT2D eigenvalue weighted by molar-refractivity contribution is 5.93. The van der Waals surface area contributed by atoms with Gasteiger partial charge in [-0.05, 0) is 37.3 Å². The summed E-state index contributed by atoms with van der Waals surface area (Å²) in [5, 5.41) is 9.15. The van der Waals surface area contributed by atoms with E-state index in [1.54, 1.807) is 6.20 Å². The van der Waals surface area contributed by atoms with Crippen molar-refractivity contribution in [1.29, 1.82) is 0 Å². The summed E-state index contributed by atoms with van der Waals surface area (Å²) < 4.78 is 1.86. The minimum atomic E-state index is 0.0273. The number of piperidine rings is 1. The standard InChI is InChI=1S/C15H19N3O2/c1-11-2-3-14-16-8-13(18(14)9-11)15(20)17-6-4-12(10-19)5-7-17/h2-3,8-9,12,19H,4-7,10H2,1H3. The fourth-order valence-electron chi connectivity index (χ4n) is 2.73. The van der Waals surface area contributed by atoms with Crippen LogP contribution in [0.5, 0.6) is 0 Å². The molecule has 5 nitrogen and oxygen atoms in total. The van der Waals surface area contributed by atoms with Gasteiger partial charge in [-0.1, -0.05) is 6.07 Å². The SMILES string of the molecule is Cc1ccc2ncc(C(=O)N3CCC(CO)CC3)n2c1. The molecule has 1 aliphatic rings. The molecule has 0 aliphatic carbocycles. The predicted octanol–water partition coefficient (Wildman–Crippen LogP) is 1.49. The molecular weight excluding hydrogens is 254 g/mol. The number of carbonyl (C=O) groups is 1. The highest BCUT2D eigenvalue weighted by atomic mass is 16.3. The maximum Gasteiger partial charge on any atom is 0.272 e. The van der Waals surface area contributed by atoms with Crippen molar-refractivity contribution >= 4 is 11.6 Å². The topological polar surface area (TPSA) is 57.8 Å². The molecule has 0 saturated carbocycles. The molecule has 0 unspecified atom stereocenters. The number of likely N-dealkylation sites (tertiary alicyclic amines) is 1. The Hall–Kier alpha value is -1.88. The van der Waals surface area contributed by atoms with Crippen molar-refractivity contribution in [3.8, 4) is 0 Å². The van der Waals surface area contributed by atoms with Crippen LogP contribution in [0.4, 0.5) is 0 Å². The summed E-state index contributed by atoms with van der Waals surface area (Å²) in [6, 6.07) is 3.91. The van der Waals surface area contributed by atoms with Crippen LogP contribution >= 0.6 is 0 Å². The fraction of sp³-hybridized carbons (Fsp3) is 0.467. The van der Waals surface area contributed by atoms with E-state index in [9.17, 15) is 4.79 Å². The van der Waals surface area contributed by atoms with E-state index in [2.05, 4.69) is 4.98 Å². The number of carbonyl (C=O) groups excluding carboxylic acids is 1. The van der Waals surface area contributed by atoms with Crippen LogP contribution in [0.1, 0.15) is 28.9 Å². The first-order chi connectivity index (χ1) is 9.69. The molecule has 0 radical (unpaired) electrons. The van der Waals surface area contributed by atoms with E-state index in [4.69, 9.17) is 5.11 Å². The molecule has 5 heteroatoms. The number of aryl methyl sites for hydroxylation is 1. The zero-order valence-electron chi connectivity index (χ0n) is 11.6. The fourth-order valence-corrected chi connectivity index (χ4v) is 2.73. The van der Waals surface area contributed by atoms with Gasteiger partial charge >= 0.3 is 0 Å². The van der Waals surface area contributed by atoms with E-state index in [0.717, 1.165) is 24.1 Å². The lowest BCUT2D eigenvalue weighted by Gasteiger charge is -2.30. The van der Waals surface area contributed by atoms with Gasteiger partial charge in [0, 0.05) is 25.9 Å². The van der Waals surface area contributed by atoms with Crippen LogP contribution in [0.2, 0.25) is 0 Å². The molecule has 2 aromatic rings. The summed E-state index contributed by atoms with van der Waals surface area (Å²) >= 11 is 0. The molecule has 3 rings (SSSR count). The average molecular weight is 273 g/mol. The van der Waals surface area contributed by atoms with Gasteiger partial charge < -0.3 is 10.0 Å². The second-order valence-corrected chi connectivity index (χ2v) is 5.50. The first-order valence-corrected chi connectivity index (χ1v) is 7.03. The number of pyridine rings is 1. The van der Waals surface area contributed by atoms with Gasteiger partial charge in [0.15, 0.2) is 0 Å². The molecule has 20 heavy (non-hydrogen) atoms. The van der Waals surface area contributed by atoms with Crippen molar-refractivity contribution in [3.63, 3.8) is 0 Å². The number of rotatable bonds is 2.